The average Bonchev–Trinajstić information content (AvgIpc) is 2.39. The molecule has 1 aromatic heterocycles. The molecule has 0 aliphatic carbocycles. The first kappa shape index (κ1) is 13.3. The van der Waals surface area contributed by atoms with Gasteiger partial charge in [0.1, 0.15) is 5.75 Å². The van der Waals surface area contributed by atoms with Crippen molar-refractivity contribution in [2.45, 2.75) is 33.2 Å². The van der Waals surface area contributed by atoms with Gasteiger partial charge in [-0.3, -0.25) is 0 Å². The van der Waals surface area contributed by atoms with Crippen LogP contribution in [-0.4, -0.2) is 15.3 Å². The van der Waals surface area contributed by atoms with E-state index < -0.39 is 0 Å². The topological polar surface area (TPSA) is 58.0 Å². The minimum Gasteiger partial charge on any atom is -0.508 e. The first-order valence-electron chi connectivity index (χ1n) is 6.42. The van der Waals surface area contributed by atoms with Crippen LogP contribution < -0.4 is 5.32 Å². The first-order valence-corrected chi connectivity index (χ1v) is 6.42. The highest BCUT2D eigenvalue weighted by atomic mass is 16.3. The maximum absolute atomic E-state index is 9.23. The van der Waals surface area contributed by atoms with E-state index in [-0.39, 0.29) is 5.75 Å². The maximum Gasteiger partial charge on any atom is 0.151 e. The van der Waals surface area contributed by atoms with Gasteiger partial charge in [0.2, 0.25) is 0 Å². The Balaban J connectivity index is 2.05. The van der Waals surface area contributed by atoms with Gasteiger partial charge in [0.15, 0.2) is 5.82 Å². The van der Waals surface area contributed by atoms with Crippen LogP contribution in [0.3, 0.4) is 0 Å². The molecule has 0 atom stereocenters. The van der Waals surface area contributed by atoms with E-state index in [0.29, 0.717) is 12.5 Å². The van der Waals surface area contributed by atoms with Gasteiger partial charge in [0, 0.05) is 6.54 Å². The number of aromatic hydroxyl groups is 1. The molecule has 2 aromatic rings. The highest BCUT2D eigenvalue weighted by Crippen LogP contribution is 2.17. The first-order chi connectivity index (χ1) is 9.06. The fraction of sp³-hybridized carbons (Fsp3) is 0.333. The Morgan fingerprint density at radius 3 is 2.42 bits per heavy atom. The molecule has 0 spiro atoms. The van der Waals surface area contributed by atoms with Crippen molar-refractivity contribution in [2.75, 3.05) is 5.32 Å². The number of hydrogen-bond acceptors (Lipinski definition) is 4. The van der Waals surface area contributed by atoms with Gasteiger partial charge in [-0.1, -0.05) is 26.0 Å². The summed E-state index contributed by atoms with van der Waals surface area (Å²) in [5, 5.41) is 20.9. The standard InChI is InChI=1S/C15H19N3O/c1-10(2)14-8-11(3)15(18-17-14)16-9-12-4-6-13(19)7-5-12/h4-8,10,19H,9H2,1-3H3,(H,16,18). The molecule has 0 aliphatic rings. The molecule has 0 saturated carbocycles. The van der Waals surface area contributed by atoms with Crippen LogP contribution >= 0.6 is 0 Å². The average molecular weight is 257 g/mol. The molecule has 0 fully saturated rings. The van der Waals surface area contributed by atoms with Crippen molar-refractivity contribution in [3.05, 3.63) is 47.2 Å². The molecule has 1 heterocycles. The number of phenolic OH excluding ortho intramolecular Hbond substituents is 1. The highest BCUT2D eigenvalue weighted by Gasteiger charge is 2.06. The van der Waals surface area contributed by atoms with Crippen molar-refractivity contribution in [2.24, 2.45) is 0 Å². The summed E-state index contributed by atoms with van der Waals surface area (Å²) in [5.41, 5.74) is 3.19. The van der Waals surface area contributed by atoms with E-state index in [0.717, 1.165) is 22.6 Å². The highest BCUT2D eigenvalue weighted by molar-refractivity contribution is 5.43. The zero-order valence-corrected chi connectivity index (χ0v) is 11.5. The van der Waals surface area contributed by atoms with E-state index in [9.17, 15) is 5.11 Å². The normalized spacial score (nSPS) is 10.7. The lowest BCUT2D eigenvalue weighted by atomic mass is 10.1. The summed E-state index contributed by atoms with van der Waals surface area (Å²) in [6.07, 6.45) is 0. The second-order valence-electron chi connectivity index (χ2n) is 4.98. The Bertz CT molecular complexity index is 550. The summed E-state index contributed by atoms with van der Waals surface area (Å²) in [6.45, 7) is 6.90. The van der Waals surface area contributed by atoms with E-state index >= 15 is 0 Å². The molecular weight excluding hydrogens is 238 g/mol. The molecule has 4 heteroatoms. The SMILES string of the molecule is Cc1cc(C(C)C)nnc1NCc1ccc(O)cc1. The maximum atomic E-state index is 9.23. The molecule has 2 rings (SSSR count). The second-order valence-corrected chi connectivity index (χ2v) is 4.98. The number of nitrogens with zero attached hydrogens (tertiary/aromatic N) is 2. The summed E-state index contributed by atoms with van der Waals surface area (Å²) in [7, 11) is 0. The number of phenols is 1. The van der Waals surface area contributed by atoms with E-state index in [1.54, 1.807) is 12.1 Å². The minimum atomic E-state index is 0.279. The molecule has 0 bridgehead atoms. The van der Waals surface area contributed by atoms with Crippen molar-refractivity contribution >= 4 is 5.82 Å². The molecule has 1 aromatic carbocycles. The van der Waals surface area contributed by atoms with Crippen molar-refractivity contribution < 1.29 is 5.11 Å². The lowest BCUT2D eigenvalue weighted by Crippen LogP contribution is -2.06. The van der Waals surface area contributed by atoms with Gasteiger partial charge in [-0.05, 0) is 42.2 Å². The zero-order chi connectivity index (χ0) is 13.8. The molecule has 0 amide bonds. The molecular formula is C15H19N3O. The third-order valence-electron chi connectivity index (χ3n) is 2.99. The van der Waals surface area contributed by atoms with Gasteiger partial charge >= 0.3 is 0 Å². The number of benzene rings is 1. The van der Waals surface area contributed by atoms with Crippen molar-refractivity contribution in [3.63, 3.8) is 0 Å². The molecule has 0 radical (unpaired) electrons. The third kappa shape index (κ3) is 3.44. The van der Waals surface area contributed by atoms with Crippen molar-refractivity contribution in [1.29, 1.82) is 0 Å². The fourth-order valence-electron chi connectivity index (χ4n) is 1.76. The van der Waals surface area contributed by atoms with Crippen LogP contribution in [0.1, 0.15) is 36.6 Å². The largest absolute Gasteiger partial charge is 0.508 e. The minimum absolute atomic E-state index is 0.279. The van der Waals surface area contributed by atoms with E-state index in [1.807, 2.05) is 19.1 Å². The predicted molar refractivity (Wildman–Crippen MR) is 76.3 cm³/mol. The van der Waals surface area contributed by atoms with Crippen LogP contribution in [0.25, 0.3) is 0 Å². The van der Waals surface area contributed by atoms with E-state index in [1.165, 1.54) is 0 Å². The second kappa shape index (κ2) is 5.69. The molecule has 0 saturated heterocycles. The van der Waals surface area contributed by atoms with Crippen LogP contribution in [-0.2, 0) is 6.54 Å². The fourth-order valence-corrected chi connectivity index (χ4v) is 1.76. The Hall–Kier alpha value is -2.10. The molecule has 4 nitrogen and oxygen atoms in total. The van der Waals surface area contributed by atoms with Gasteiger partial charge in [0.05, 0.1) is 5.69 Å². The summed E-state index contributed by atoms with van der Waals surface area (Å²) in [4.78, 5) is 0. The summed E-state index contributed by atoms with van der Waals surface area (Å²) < 4.78 is 0. The van der Waals surface area contributed by atoms with Gasteiger partial charge in [-0.2, -0.15) is 5.10 Å². The number of aromatic nitrogens is 2. The molecule has 0 unspecified atom stereocenters. The number of anilines is 1. The van der Waals surface area contributed by atoms with Gasteiger partial charge < -0.3 is 10.4 Å². The number of aryl methyl sites for hydroxylation is 1. The van der Waals surface area contributed by atoms with Crippen LogP contribution in [0.15, 0.2) is 30.3 Å². The Morgan fingerprint density at radius 2 is 1.84 bits per heavy atom. The third-order valence-corrected chi connectivity index (χ3v) is 2.99. The smallest absolute Gasteiger partial charge is 0.151 e. The van der Waals surface area contributed by atoms with Gasteiger partial charge in [0.25, 0.3) is 0 Å². The Kier molecular flexibility index (Phi) is 4.00. The zero-order valence-electron chi connectivity index (χ0n) is 11.5. The summed E-state index contributed by atoms with van der Waals surface area (Å²) in [6, 6.07) is 9.19. The predicted octanol–water partition coefficient (Wildman–Crippen LogP) is 3.23. The van der Waals surface area contributed by atoms with E-state index in [4.69, 9.17) is 0 Å². The van der Waals surface area contributed by atoms with Gasteiger partial charge in [-0.25, -0.2) is 0 Å². The summed E-state index contributed by atoms with van der Waals surface area (Å²) in [5.74, 6) is 1.47. The monoisotopic (exact) mass is 257 g/mol. The Morgan fingerprint density at radius 1 is 1.16 bits per heavy atom. The van der Waals surface area contributed by atoms with Crippen LogP contribution in [0.5, 0.6) is 5.75 Å². The number of rotatable bonds is 4. The molecule has 2 N–H and O–H groups in total. The summed E-state index contributed by atoms with van der Waals surface area (Å²) >= 11 is 0. The van der Waals surface area contributed by atoms with Gasteiger partial charge in [-0.15, -0.1) is 5.10 Å². The van der Waals surface area contributed by atoms with Crippen LogP contribution in [0.2, 0.25) is 0 Å². The molecule has 0 aliphatic heterocycles. The quantitative estimate of drug-likeness (QED) is 0.883. The van der Waals surface area contributed by atoms with E-state index in [2.05, 4.69) is 35.4 Å². The number of hydrogen-bond donors (Lipinski definition) is 2. The lowest BCUT2D eigenvalue weighted by molar-refractivity contribution is 0.475. The van der Waals surface area contributed by atoms with Crippen molar-refractivity contribution in [3.8, 4) is 5.75 Å². The Labute approximate surface area is 113 Å². The molecule has 19 heavy (non-hydrogen) atoms. The van der Waals surface area contributed by atoms with Crippen LogP contribution in [0.4, 0.5) is 5.82 Å². The van der Waals surface area contributed by atoms with Crippen LogP contribution in [0, 0.1) is 6.92 Å². The van der Waals surface area contributed by atoms with Crippen molar-refractivity contribution in [1.82, 2.24) is 10.2 Å². The lowest BCUT2D eigenvalue weighted by Gasteiger charge is -2.10. The molecule has 100 valence electrons. The number of nitrogens with one attached hydrogen (secondary N) is 1.